The van der Waals surface area contributed by atoms with Crippen molar-refractivity contribution in [2.24, 2.45) is 11.3 Å². The quantitative estimate of drug-likeness (QED) is 0.0636. The standard InChI is InChI=1S/C37H65N3O4/c1-2-3-4-5-6-13-18-28-43-35(41)20-14-9-7-11-16-23-39(25-19-26-40-27-22-38-33-40)24-17-12-8-10-15-21-36(42)44-32-37-29-34(30-37)31-37/h22,27,33-34H,2-21,23-26,28-32H2,1H3. The molecule has 0 amide bonds. The van der Waals surface area contributed by atoms with Crippen molar-refractivity contribution in [3.63, 3.8) is 0 Å². The first-order chi connectivity index (χ1) is 21.6. The van der Waals surface area contributed by atoms with Gasteiger partial charge in [-0.2, -0.15) is 0 Å². The van der Waals surface area contributed by atoms with Gasteiger partial charge in [-0.25, -0.2) is 4.98 Å². The molecule has 44 heavy (non-hydrogen) atoms. The summed E-state index contributed by atoms with van der Waals surface area (Å²) in [5, 5.41) is 0. The second-order valence-corrected chi connectivity index (χ2v) is 14.0. The van der Waals surface area contributed by atoms with Crippen LogP contribution in [0, 0.1) is 11.3 Å². The molecule has 7 heteroatoms. The van der Waals surface area contributed by atoms with Crippen LogP contribution in [0.3, 0.4) is 0 Å². The van der Waals surface area contributed by atoms with Crippen LogP contribution in [0.1, 0.15) is 155 Å². The number of hydrogen-bond acceptors (Lipinski definition) is 6. The minimum Gasteiger partial charge on any atom is -0.466 e. The molecule has 7 nitrogen and oxygen atoms in total. The summed E-state index contributed by atoms with van der Waals surface area (Å²) < 4.78 is 13.1. The number of imidazole rings is 1. The molecule has 0 unspecified atom stereocenters. The maximum atomic E-state index is 12.1. The summed E-state index contributed by atoms with van der Waals surface area (Å²) in [6.45, 7) is 7.96. The highest BCUT2D eigenvalue weighted by Crippen LogP contribution is 2.64. The number of esters is 2. The van der Waals surface area contributed by atoms with Gasteiger partial charge in [0.2, 0.25) is 0 Å². The molecular formula is C37H65N3O4. The normalized spacial score (nSPS) is 18.6. The highest BCUT2D eigenvalue weighted by atomic mass is 16.5. The van der Waals surface area contributed by atoms with E-state index < -0.39 is 0 Å². The van der Waals surface area contributed by atoms with Gasteiger partial charge in [-0.3, -0.25) is 9.59 Å². The van der Waals surface area contributed by atoms with Crippen molar-refractivity contribution in [3.05, 3.63) is 18.7 Å². The zero-order chi connectivity index (χ0) is 31.1. The minimum absolute atomic E-state index is 0.0116. The first kappa shape index (κ1) is 36.6. The Balaban J connectivity index is 1.14. The van der Waals surface area contributed by atoms with E-state index in [1.807, 2.05) is 18.7 Å². The lowest BCUT2D eigenvalue weighted by Crippen LogP contribution is -2.54. The number of hydrogen-bond donors (Lipinski definition) is 0. The first-order valence-corrected chi connectivity index (χ1v) is 18.6. The first-order valence-electron chi connectivity index (χ1n) is 18.6. The highest BCUT2D eigenvalue weighted by Gasteiger charge is 2.57. The Bertz CT molecular complexity index is 857. The van der Waals surface area contributed by atoms with Crippen LogP contribution in [-0.2, 0) is 25.6 Å². The molecule has 252 valence electrons. The molecule has 0 spiro atoms. The number of aromatic nitrogens is 2. The molecular weight excluding hydrogens is 550 g/mol. The summed E-state index contributed by atoms with van der Waals surface area (Å²) in [6, 6.07) is 0. The Labute approximate surface area is 269 Å². The molecule has 0 N–H and O–H groups in total. The SMILES string of the molecule is CCCCCCCCCOC(=O)CCCCCCCN(CCCCCCCC(=O)OCC12CC(C1)C2)CCCn1ccnc1. The second kappa shape index (κ2) is 22.6. The molecule has 1 aromatic rings. The lowest BCUT2D eigenvalue weighted by atomic mass is 9.45. The van der Waals surface area contributed by atoms with E-state index in [4.69, 9.17) is 9.47 Å². The van der Waals surface area contributed by atoms with Crippen LogP contribution in [0.25, 0.3) is 0 Å². The van der Waals surface area contributed by atoms with Crippen molar-refractivity contribution >= 4 is 11.9 Å². The molecule has 3 fully saturated rings. The van der Waals surface area contributed by atoms with Gasteiger partial charge in [-0.1, -0.05) is 84.0 Å². The number of ether oxygens (including phenoxy) is 2. The zero-order valence-corrected chi connectivity index (χ0v) is 28.3. The Morgan fingerprint density at radius 3 is 1.84 bits per heavy atom. The second-order valence-electron chi connectivity index (χ2n) is 14.0. The predicted octanol–water partition coefficient (Wildman–Crippen LogP) is 8.89. The largest absolute Gasteiger partial charge is 0.466 e. The van der Waals surface area contributed by atoms with Crippen LogP contribution >= 0.6 is 0 Å². The summed E-state index contributed by atoms with van der Waals surface area (Å²) in [5.74, 6) is 0.941. The van der Waals surface area contributed by atoms with Crippen LogP contribution in [-0.4, -0.2) is 59.2 Å². The summed E-state index contributed by atoms with van der Waals surface area (Å²) in [4.78, 5) is 30.9. The fraction of sp³-hybridized carbons (Fsp3) is 0.865. The Morgan fingerprint density at radius 1 is 0.727 bits per heavy atom. The molecule has 4 rings (SSSR count). The van der Waals surface area contributed by atoms with E-state index in [1.165, 1.54) is 96.3 Å². The van der Waals surface area contributed by atoms with Crippen LogP contribution in [0.15, 0.2) is 18.7 Å². The van der Waals surface area contributed by atoms with Gasteiger partial charge in [0.25, 0.3) is 0 Å². The molecule has 0 atom stereocenters. The molecule has 0 aliphatic heterocycles. The van der Waals surface area contributed by atoms with E-state index in [2.05, 4.69) is 21.4 Å². The molecule has 1 heterocycles. The summed E-state index contributed by atoms with van der Waals surface area (Å²) >= 11 is 0. The third-order valence-corrected chi connectivity index (χ3v) is 9.88. The average molecular weight is 616 g/mol. The van der Waals surface area contributed by atoms with E-state index in [0.717, 1.165) is 70.6 Å². The van der Waals surface area contributed by atoms with Crippen molar-refractivity contribution in [1.29, 1.82) is 0 Å². The molecule has 0 radical (unpaired) electrons. The number of rotatable bonds is 30. The summed E-state index contributed by atoms with van der Waals surface area (Å²) in [6.07, 6.45) is 32.1. The van der Waals surface area contributed by atoms with E-state index in [0.29, 0.717) is 31.5 Å². The van der Waals surface area contributed by atoms with Gasteiger partial charge < -0.3 is 18.9 Å². The smallest absolute Gasteiger partial charge is 0.305 e. The Morgan fingerprint density at radius 2 is 1.27 bits per heavy atom. The van der Waals surface area contributed by atoms with Crippen molar-refractivity contribution in [1.82, 2.24) is 14.5 Å². The molecule has 3 saturated carbocycles. The van der Waals surface area contributed by atoms with E-state index in [-0.39, 0.29) is 11.9 Å². The van der Waals surface area contributed by atoms with Gasteiger partial charge in [0.1, 0.15) is 0 Å². The number of nitrogens with zero attached hydrogens (tertiary/aromatic N) is 3. The van der Waals surface area contributed by atoms with E-state index >= 15 is 0 Å². The van der Waals surface area contributed by atoms with Crippen LogP contribution < -0.4 is 0 Å². The molecule has 3 aliphatic carbocycles. The number of aryl methyl sites for hydroxylation is 1. The lowest BCUT2D eigenvalue weighted by molar-refractivity contribution is -0.174. The fourth-order valence-corrected chi connectivity index (χ4v) is 6.96. The van der Waals surface area contributed by atoms with Crippen LogP contribution in [0.4, 0.5) is 0 Å². The van der Waals surface area contributed by atoms with Gasteiger partial charge in [0, 0.05) is 37.2 Å². The Kier molecular flexibility index (Phi) is 18.8. The van der Waals surface area contributed by atoms with Crippen LogP contribution in [0.2, 0.25) is 0 Å². The molecule has 3 aliphatic rings. The molecule has 1 aromatic heterocycles. The van der Waals surface area contributed by atoms with Crippen molar-refractivity contribution < 1.29 is 19.1 Å². The number of carbonyl (C=O) groups excluding carboxylic acids is 2. The van der Waals surface area contributed by atoms with Crippen molar-refractivity contribution in [3.8, 4) is 0 Å². The van der Waals surface area contributed by atoms with Gasteiger partial charge >= 0.3 is 11.9 Å². The number of carbonyl (C=O) groups is 2. The molecule has 0 aromatic carbocycles. The highest BCUT2D eigenvalue weighted by molar-refractivity contribution is 5.69. The maximum Gasteiger partial charge on any atom is 0.305 e. The van der Waals surface area contributed by atoms with Crippen molar-refractivity contribution in [2.45, 2.75) is 161 Å². The fourth-order valence-electron chi connectivity index (χ4n) is 6.96. The minimum atomic E-state index is -0.0139. The third-order valence-electron chi connectivity index (χ3n) is 9.88. The van der Waals surface area contributed by atoms with Gasteiger partial charge in [0.05, 0.1) is 19.5 Å². The summed E-state index contributed by atoms with van der Waals surface area (Å²) in [7, 11) is 0. The zero-order valence-electron chi connectivity index (χ0n) is 28.3. The van der Waals surface area contributed by atoms with E-state index in [9.17, 15) is 9.59 Å². The van der Waals surface area contributed by atoms with E-state index in [1.54, 1.807) is 0 Å². The Hall–Kier alpha value is -1.89. The van der Waals surface area contributed by atoms with Gasteiger partial charge in [-0.05, 0) is 83.3 Å². The summed E-state index contributed by atoms with van der Waals surface area (Å²) in [5.41, 5.74) is 0.396. The lowest BCUT2D eigenvalue weighted by Gasteiger charge is -2.61. The maximum absolute atomic E-state index is 12.1. The molecule has 2 bridgehead atoms. The average Bonchev–Trinajstić information content (AvgIpc) is 3.49. The topological polar surface area (TPSA) is 73.7 Å². The predicted molar refractivity (Wildman–Crippen MR) is 178 cm³/mol. The van der Waals surface area contributed by atoms with Crippen molar-refractivity contribution in [2.75, 3.05) is 32.8 Å². The van der Waals surface area contributed by atoms with Gasteiger partial charge in [0.15, 0.2) is 0 Å². The number of unbranched alkanes of at least 4 members (excludes halogenated alkanes) is 14. The van der Waals surface area contributed by atoms with Gasteiger partial charge in [-0.15, -0.1) is 0 Å². The van der Waals surface area contributed by atoms with Crippen LogP contribution in [0.5, 0.6) is 0 Å². The monoisotopic (exact) mass is 615 g/mol. The molecule has 0 saturated heterocycles. The third kappa shape index (κ3) is 15.9.